The number of allylic oxidation sites excluding steroid dienone is 2. The highest BCUT2D eigenvalue weighted by Crippen LogP contribution is 2.42. The van der Waals surface area contributed by atoms with Gasteiger partial charge >= 0.3 is 0 Å². The van der Waals surface area contributed by atoms with E-state index in [0.29, 0.717) is 0 Å². The molecule has 0 saturated heterocycles. The summed E-state index contributed by atoms with van der Waals surface area (Å²) in [6, 6.07) is 1.55. The number of hydrogen-bond acceptors (Lipinski definition) is 1. The van der Waals surface area contributed by atoms with Crippen molar-refractivity contribution in [3.05, 3.63) is 37.5 Å². The molecule has 0 aromatic carbocycles. The zero-order valence-electron chi connectivity index (χ0n) is 13.6. The average molecular weight is 285 g/mol. The minimum absolute atomic E-state index is 0.732. The quantitative estimate of drug-likeness (QED) is 0.672. The van der Waals surface area contributed by atoms with Gasteiger partial charge in [0.05, 0.1) is 0 Å². The van der Waals surface area contributed by atoms with Crippen LogP contribution in [0, 0.1) is 23.7 Å². The smallest absolute Gasteiger partial charge is 0.0161 e. The molecule has 21 heavy (non-hydrogen) atoms. The lowest BCUT2D eigenvalue weighted by Crippen LogP contribution is -2.50. The predicted molar refractivity (Wildman–Crippen MR) is 91.2 cm³/mol. The molecule has 1 nitrogen and oxygen atoms in total. The van der Waals surface area contributed by atoms with Crippen LogP contribution in [-0.2, 0) is 0 Å². The van der Waals surface area contributed by atoms with Crippen molar-refractivity contribution in [2.45, 2.75) is 57.5 Å². The van der Waals surface area contributed by atoms with Gasteiger partial charge in [-0.15, -0.1) is 13.2 Å². The van der Waals surface area contributed by atoms with Crippen LogP contribution in [0.25, 0.3) is 0 Å². The second-order valence-electron chi connectivity index (χ2n) is 7.30. The van der Waals surface area contributed by atoms with Crippen LogP contribution in [0.15, 0.2) is 37.5 Å². The van der Waals surface area contributed by atoms with E-state index in [9.17, 15) is 0 Å². The van der Waals surface area contributed by atoms with Crippen molar-refractivity contribution in [2.75, 3.05) is 6.54 Å². The Balaban J connectivity index is 1.82. The van der Waals surface area contributed by atoms with Gasteiger partial charge < -0.3 is 0 Å². The van der Waals surface area contributed by atoms with E-state index in [1.54, 1.807) is 0 Å². The first-order valence-corrected chi connectivity index (χ1v) is 8.96. The molecule has 1 heterocycles. The molecule has 0 aromatic heterocycles. The maximum Gasteiger partial charge on any atom is 0.0161 e. The Morgan fingerprint density at radius 1 is 0.905 bits per heavy atom. The van der Waals surface area contributed by atoms with Crippen molar-refractivity contribution >= 4 is 0 Å². The molecule has 0 amide bonds. The minimum Gasteiger partial charge on any atom is -0.297 e. The van der Waals surface area contributed by atoms with Crippen molar-refractivity contribution in [1.82, 2.24) is 4.90 Å². The molecule has 1 heteroatoms. The Morgan fingerprint density at radius 2 is 1.38 bits per heavy atom. The van der Waals surface area contributed by atoms with Gasteiger partial charge in [-0.25, -0.2) is 0 Å². The van der Waals surface area contributed by atoms with Gasteiger partial charge in [-0.1, -0.05) is 31.2 Å². The molecule has 2 fully saturated rings. The summed E-state index contributed by atoms with van der Waals surface area (Å²) in [7, 11) is 0. The molecule has 0 aromatic rings. The molecular formula is C20H31N. The Bertz CT molecular complexity index is 374. The topological polar surface area (TPSA) is 3.24 Å². The molecule has 6 unspecified atom stereocenters. The first-order valence-electron chi connectivity index (χ1n) is 8.96. The maximum absolute atomic E-state index is 4.03. The van der Waals surface area contributed by atoms with Crippen LogP contribution in [0.1, 0.15) is 45.4 Å². The molecule has 0 spiro atoms. The zero-order valence-corrected chi connectivity index (χ0v) is 13.6. The highest BCUT2D eigenvalue weighted by Gasteiger charge is 2.40. The van der Waals surface area contributed by atoms with Crippen molar-refractivity contribution < 1.29 is 0 Å². The lowest BCUT2D eigenvalue weighted by Gasteiger charge is -2.46. The molecule has 116 valence electrons. The van der Waals surface area contributed by atoms with Gasteiger partial charge in [0, 0.05) is 12.1 Å². The Kier molecular flexibility index (Phi) is 4.69. The monoisotopic (exact) mass is 285 g/mol. The molecule has 3 rings (SSSR count). The van der Waals surface area contributed by atoms with E-state index in [1.165, 1.54) is 45.1 Å². The third-order valence-electron chi connectivity index (χ3n) is 6.29. The molecule has 2 saturated carbocycles. The lowest BCUT2D eigenvalue weighted by molar-refractivity contribution is 0.0417. The summed E-state index contributed by atoms with van der Waals surface area (Å²) in [5.74, 6) is 2.95. The van der Waals surface area contributed by atoms with E-state index < -0.39 is 0 Å². The fourth-order valence-electron chi connectivity index (χ4n) is 5.11. The lowest BCUT2D eigenvalue weighted by atomic mass is 9.76. The SMILES string of the molecule is C=CC1CCC2C(C=CC3CC(C=C)CCC3N2CC)C1. The number of nitrogens with zero attached hydrogens (tertiary/aromatic N) is 1. The van der Waals surface area contributed by atoms with Crippen molar-refractivity contribution in [3.63, 3.8) is 0 Å². The first kappa shape index (κ1) is 15.1. The Labute approximate surface area is 130 Å². The first-order chi connectivity index (χ1) is 10.3. The van der Waals surface area contributed by atoms with Crippen molar-refractivity contribution in [2.24, 2.45) is 23.7 Å². The summed E-state index contributed by atoms with van der Waals surface area (Å²) < 4.78 is 0. The molecule has 6 atom stereocenters. The number of hydrogen-bond donors (Lipinski definition) is 0. The summed E-state index contributed by atoms with van der Waals surface area (Å²) in [5, 5.41) is 0. The van der Waals surface area contributed by atoms with E-state index in [0.717, 1.165) is 35.8 Å². The van der Waals surface area contributed by atoms with E-state index in [4.69, 9.17) is 0 Å². The van der Waals surface area contributed by atoms with E-state index >= 15 is 0 Å². The van der Waals surface area contributed by atoms with Crippen LogP contribution in [0.4, 0.5) is 0 Å². The molecule has 1 aliphatic heterocycles. The third-order valence-corrected chi connectivity index (χ3v) is 6.29. The molecular weight excluding hydrogens is 254 g/mol. The van der Waals surface area contributed by atoms with Gasteiger partial charge in [0.2, 0.25) is 0 Å². The Morgan fingerprint density at radius 3 is 1.76 bits per heavy atom. The van der Waals surface area contributed by atoms with Crippen LogP contribution in [0.3, 0.4) is 0 Å². The predicted octanol–water partition coefficient (Wildman–Crippen LogP) is 4.82. The number of rotatable bonds is 3. The van der Waals surface area contributed by atoms with E-state index in [1.807, 2.05) is 0 Å². The summed E-state index contributed by atoms with van der Waals surface area (Å²) in [6.45, 7) is 11.6. The van der Waals surface area contributed by atoms with Crippen LogP contribution < -0.4 is 0 Å². The summed E-state index contributed by atoms with van der Waals surface area (Å²) in [5.41, 5.74) is 0. The standard InChI is InChI=1S/C20H31N/c1-4-15-7-11-19-17(13-15)9-10-18-14-16(5-2)8-12-20(18)21(19)6-3/h4-5,9-10,15-20H,1-2,6-8,11-14H2,3H3. The zero-order chi connectivity index (χ0) is 14.8. The highest BCUT2D eigenvalue weighted by molar-refractivity contribution is 5.11. The highest BCUT2D eigenvalue weighted by atomic mass is 15.2. The summed E-state index contributed by atoms with van der Waals surface area (Å²) in [4.78, 5) is 2.86. The fraction of sp³-hybridized carbons (Fsp3) is 0.700. The summed E-state index contributed by atoms with van der Waals surface area (Å²) >= 11 is 0. The van der Waals surface area contributed by atoms with Crippen molar-refractivity contribution in [1.29, 1.82) is 0 Å². The fourth-order valence-corrected chi connectivity index (χ4v) is 5.11. The van der Waals surface area contributed by atoms with E-state index in [2.05, 4.69) is 49.3 Å². The Hall–Kier alpha value is -0.820. The van der Waals surface area contributed by atoms with Crippen LogP contribution >= 0.6 is 0 Å². The van der Waals surface area contributed by atoms with Crippen LogP contribution in [0.5, 0.6) is 0 Å². The van der Waals surface area contributed by atoms with Crippen LogP contribution in [0.2, 0.25) is 0 Å². The van der Waals surface area contributed by atoms with E-state index in [-0.39, 0.29) is 0 Å². The second-order valence-corrected chi connectivity index (χ2v) is 7.30. The molecule has 0 N–H and O–H groups in total. The molecule has 0 bridgehead atoms. The molecule has 2 aliphatic carbocycles. The molecule has 0 radical (unpaired) electrons. The third kappa shape index (κ3) is 2.90. The average Bonchev–Trinajstić information content (AvgIpc) is 2.69. The second kappa shape index (κ2) is 6.52. The maximum atomic E-state index is 4.03. The normalized spacial score (nSPS) is 43.5. The minimum atomic E-state index is 0.732. The van der Waals surface area contributed by atoms with Crippen molar-refractivity contribution in [3.8, 4) is 0 Å². The van der Waals surface area contributed by atoms with Gasteiger partial charge in [-0.2, -0.15) is 0 Å². The number of fused-ring (bicyclic) bond motifs is 2. The summed E-state index contributed by atoms with van der Waals surface area (Å²) in [6.07, 6.45) is 17.5. The van der Waals surface area contributed by atoms with Gasteiger partial charge in [0.15, 0.2) is 0 Å². The van der Waals surface area contributed by atoms with Gasteiger partial charge in [0.25, 0.3) is 0 Å². The van der Waals surface area contributed by atoms with Gasteiger partial charge in [0.1, 0.15) is 0 Å². The van der Waals surface area contributed by atoms with Gasteiger partial charge in [-0.05, 0) is 68.7 Å². The largest absolute Gasteiger partial charge is 0.297 e. The van der Waals surface area contributed by atoms with Crippen LogP contribution in [-0.4, -0.2) is 23.5 Å². The molecule has 3 aliphatic rings. The van der Waals surface area contributed by atoms with Gasteiger partial charge in [-0.3, -0.25) is 4.90 Å².